The number of nitrogens with one attached hydrogen (secondary N) is 1. The molecule has 0 radical (unpaired) electrons. The minimum atomic E-state index is 0.134. The molecule has 2 aromatic carbocycles. The van der Waals surface area contributed by atoms with E-state index in [1.165, 1.54) is 12.0 Å². The molecule has 3 aromatic rings. The van der Waals surface area contributed by atoms with E-state index in [-0.39, 0.29) is 5.91 Å². The lowest BCUT2D eigenvalue weighted by Gasteiger charge is -2.39. The Morgan fingerprint density at radius 3 is 2.41 bits per heavy atom. The second-order valence-electron chi connectivity index (χ2n) is 9.28. The first-order valence-corrected chi connectivity index (χ1v) is 11.7. The molecule has 2 saturated heterocycles. The summed E-state index contributed by atoms with van der Waals surface area (Å²) in [5, 5.41) is 7.20. The van der Waals surface area contributed by atoms with E-state index in [0.29, 0.717) is 11.2 Å². The summed E-state index contributed by atoms with van der Waals surface area (Å²) in [7, 11) is 0. The smallest absolute Gasteiger partial charge is 0.253 e. The van der Waals surface area contributed by atoms with Gasteiger partial charge in [-0.15, -0.1) is 0 Å². The van der Waals surface area contributed by atoms with Crippen LogP contribution in [0.15, 0.2) is 54.6 Å². The van der Waals surface area contributed by atoms with Gasteiger partial charge >= 0.3 is 0 Å². The molecule has 1 amide bonds. The van der Waals surface area contributed by atoms with Gasteiger partial charge in [-0.05, 0) is 48.9 Å². The molecule has 0 aliphatic carbocycles. The summed E-state index contributed by atoms with van der Waals surface area (Å²) in [5.41, 5.74) is 3.43. The highest BCUT2D eigenvalue weighted by molar-refractivity contribution is 5.94. The molecule has 2 fully saturated rings. The van der Waals surface area contributed by atoms with Crippen molar-refractivity contribution in [3.8, 4) is 11.4 Å². The van der Waals surface area contributed by atoms with E-state index in [1.54, 1.807) is 0 Å². The Bertz CT molecular complexity index is 1050. The zero-order chi connectivity index (χ0) is 22.0. The molecule has 6 nitrogen and oxygen atoms in total. The second kappa shape index (κ2) is 8.87. The van der Waals surface area contributed by atoms with Gasteiger partial charge in [-0.1, -0.05) is 49.4 Å². The Hall–Kier alpha value is -2.99. The molecule has 0 unspecified atom stereocenters. The maximum atomic E-state index is 13.1. The minimum absolute atomic E-state index is 0.134. The number of carbonyl (C=O) groups is 1. The number of aromatic amines is 1. The Labute approximate surface area is 189 Å². The molecule has 2 aliphatic rings. The van der Waals surface area contributed by atoms with Gasteiger partial charge in [0, 0.05) is 43.7 Å². The molecule has 1 aromatic heterocycles. The van der Waals surface area contributed by atoms with Gasteiger partial charge in [0.15, 0.2) is 5.82 Å². The monoisotopic (exact) mass is 429 g/mol. The summed E-state index contributed by atoms with van der Waals surface area (Å²) >= 11 is 0. The topological polar surface area (TPSA) is 65.1 Å². The average molecular weight is 430 g/mol. The summed E-state index contributed by atoms with van der Waals surface area (Å²) in [6, 6.07) is 18.4. The SMILES string of the molecule is CCc1nc(-c2ccc(C(=O)N3CCC4(CCN(Cc5ccccc5)C4)CC3)cc2)n[nH]1. The number of H-pyrrole nitrogens is 1. The number of rotatable bonds is 5. The van der Waals surface area contributed by atoms with Gasteiger partial charge in [-0.2, -0.15) is 5.10 Å². The van der Waals surface area contributed by atoms with Crippen molar-refractivity contribution in [2.45, 2.75) is 39.2 Å². The number of aryl methyl sites for hydroxylation is 1. The number of hydrogen-bond donors (Lipinski definition) is 1. The van der Waals surface area contributed by atoms with Crippen molar-refractivity contribution in [3.05, 3.63) is 71.5 Å². The molecular weight excluding hydrogens is 398 g/mol. The second-order valence-corrected chi connectivity index (χ2v) is 9.28. The average Bonchev–Trinajstić information content (AvgIpc) is 3.47. The Balaban J connectivity index is 1.17. The number of piperidine rings is 1. The van der Waals surface area contributed by atoms with Crippen LogP contribution in [-0.2, 0) is 13.0 Å². The first-order chi connectivity index (χ1) is 15.6. The Morgan fingerprint density at radius 1 is 1.00 bits per heavy atom. The van der Waals surface area contributed by atoms with Crippen LogP contribution >= 0.6 is 0 Å². The summed E-state index contributed by atoms with van der Waals surface area (Å²) in [6.07, 6.45) is 4.26. The van der Waals surface area contributed by atoms with Crippen LogP contribution in [0, 0.1) is 5.41 Å². The predicted octanol–water partition coefficient (Wildman–Crippen LogP) is 4.16. The predicted molar refractivity (Wildman–Crippen MR) is 125 cm³/mol. The van der Waals surface area contributed by atoms with E-state index in [1.807, 2.05) is 36.1 Å². The third kappa shape index (κ3) is 4.32. The zero-order valence-electron chi connectivity index (χ0n) is 18.8. The van der Waals surface area contributed by atoms with Crippen molar-refractivity contribution in [1.29, 1.82) is 0 Å². The van der Waals surface area contributed by atoms with Crippen LogP contribution in [-0.4, -0.2) is 57.1 Å². The molecule has 5 rings (SSSR count). The maximum Gasteiger partial charge on any atom is 0.253 e. The van der Waals surface area contributed by atoms with Crippen molar-refractivity contribution >= 4 is 5.91 Å². The van der Waals surface area contributed by atoms with Crippen LogP contribution in [0.3, 0.4) is 0 Å². The first-order valence-electron chi connectivity index (χ1n) is 11.7. The molecule has 0 bridgehead atoms. The standard InChI is InChI=1S/C26H31N5O/c1-2-23-27-24(29-28-23)21-8-10-22(11-9-21)25(32)31-16-13-26(14-17-31)12-15-30(19-26)18-20-6-4-3-5-7-20/h3-11H,2,12-19H2,1H3,(H,27,28,29). The van der Waals surface area contributed by atoms with E-state index in [0.717, 1.165) is 68.9 Å². The Morgan fingerprint density at radius 2 is 1.72 bits per heavy atom. The van der Waals surface area contributed by atoms with Crippen molar-refractivity contribution in [2.24, 2.45) is 5.41 Å². The van der Waals surface area contributed by atoms with Crippen LogP contribution in [0.1, 0.15) is 47.9 Å². The fraction of sp³-hybridized carbons (Fsp3) is 0.423. The van der Waals surface area contributed by atoms with Gasteiger partial charge in [0.1, 0.15) is 5.82 Å². The summed E-state index contributed by atoms with van der Waals surface area (Å²) in [6.45, 7) is 7.07. The Kier molecular flexibility index (Phi) is 5.79. The fourth-order valence-corrected chi connectivity index (χ4v) is 5.12. The highest BCUT2D eigenvalue weighted by Crippen LogP contribution is 2.41. The van der Waals surface area contributed by atoms with Gasteiger partial charge in [-0.3, -0.25) is 14.8 Å². The van der Waals surface area contributed by atoms with Crippen LogP contribution in [0.2, 0.25) is 0 Å². The number of nitrogens with zero attached hydrogens (tertiary/aromatic N) is 4. The van der Waals surface area contributed by atoms with Crippen LogP contribution < -0.4 is 0 Å². The van der Waals surface area contributed by atoms with E-state index in [9.17, 15) is 4.79 Å². The van der Waals surface area contributed by atoms with Gasteiger partial charge in [0.2, 0.25) is 0 Å². The van der Waals surface area contributed by atoms with E-state index in [4.69, 9.17) is 0 Å². The number of hydrogen-bond acceptors (Lipinski definition) is 4. The summed E-state index contributed by atoms with van der Waals surface area (Å²) in [4.78, 5) is 22.2. The van der Waals surface area contributed by atoms with Gasteiger partial charge in [0.05, 0.1) is 0 Å². The minimum Gasteiger partial charge on any atom is -0.339 e. The number of aromatic nitrogens is 3. The quantitative estimate of drug-likeness (QED) is 0.661. The number of benzene rings is 2. The lowest BCUT2D eigenvalue weighted by Crippen LogP contribution is -2.44. The third-order valence-electron chi connectivity index (χ3n) is 7.13. The third-order valence-corrected chi connectivity index (χ3v) is 7.13. The van der Waals surface area contributed by atoms with Crippen LogP contribution in [0.25, 0.3) is 11.4 Å². The zero-order valence-corrected chi connectivity index (χ0v) is 18.8. The summed E-state index contributed by atoms with van der Waals surface area (Å²) < 4.78 is 0. The molecule has 166 valence electrons. The van der Waals surface area contributed by atoms with Gasteiger partial charge in [-0.25, -0.2) is 4.98 Å². The lowest BCUT2D eigenvalue weighted by molar-refractivity contribution is 0.0588. The maximum absolute atomic E-state index is 13.1. The molecular formula is C26H31N5O. The van der Waals surface area contributed by atoms with Crippen molar-refractivity contribution < 1.29 is 4.79 Å². The highest BCUT2D eigenvalue weighted by atomic mass is 16.2. The highest BCUT2D eigenvalue weighted by Gasteiger charge is 2.41. The fourth-order valence-electron chi connectivity index (χ4n) is 5.12. The molecule has 3 heterocycles. The van der Waals surface area contributed by atoms with Crippen molar-refractivity contribution in [3.63, 3.8) is 0 Å². The van der Waals surface area contributed by atoms with E-state index in [2.05, 4.69) is 50.4 Å². The largest absolute Gasteiger partial charge is 0.339 e. The number of amides is 1. The molecule has 1 spiro atoms. The van der Waals surface area contributed by atoms with Gasteiger partial charge < -0.3 is 4.90 Å². The molecule has 0 saturated carbocycles. The molecule has 1 N–H and O–H groups in total. The first kappa shape index (κ1) is 20.9. The van der Waals surface area contributed by atoms with Crippen LogP contribution in [0.5, 0.6) is 0 Å². The number of carbonyl (C=O) groups excluding carboxylic acids is 1. The van der Waals surface area contributed by atoms with Crippen molar-refractivity contribution in [1.82, 2.24) is 25.0 Å². The molecule has 2 aliphatic heterocycles. The van der Waals surface area contributed by atoms with E-state index < -0.39 is 0 Å². The molecule has 6 heteroatoms. The lowest BCUT2D eigenvalue weighted by atomic mass is 9.77. The summed E-state index contributed by atoms with van der Waals surface area (Å²) in [5.74, 6) is 1.69. The van der Waals surface area contributed by atoms with Gasteiger partial charge in [0.25, 0.3) is 5.91 Å². The van der Waals surface area contributed by atoms with Crippen molar-refractivity contribution in [2.75, 3.05) is 26.2 Å². The molecule has 32 heavy (non-hydrogen) atoms. The van der Waals surface area contributed by atoms with Crippen LogP contribution in [0.4, 0.5) is 0 Å². The molecule has 0 atom stereocenters. The van der Waals surface area contributed by atoms with E-state index >= 15 is 0 Å². The number of likely N-dealkylation sites (tertiary alicyclic amines) is 2. The normalized spacial score (nSPS) is 18.3.